The van der Waals surface area contributed by atoms with Gasteiger partial charge in [-0.3, -0.25) is 9.59 Å². The van der Waals surface area contributed by atoms with Gasteiger partial charge >= 0.3 is 0 Å². The average molecular weight is 311 g/mol. The molecule has 0 unspecified atom stereocenters. The molecule has 1 aromatic rings. The Labute approximate surface area is 114 Å². The molecule has 0 radical (unpaired) electrons. The summed E-state index contributed by atoms with van der Waals surface area (Å²) >= 11 is 3.33. The third-order valence-electron chi connectivity index (χ3n) is 3.36. The molecule has 96 valence electrons. The molecule has 5 heteroatoms. The molecule has 2 N–H and O–H groups in total. The van der Waals surface area contributed by atoms with Crippen molar-refractivity contribution >= 4 is 27.7 Å². The van der Waals surface area contributed by atoms with E-state index in [1.165, 1.54) is 0 Å². The number of benzene rings is 1. The SMILES string of the molecule is C[C@@H]1CN(C(=O)c2ccc(Br)cc2)C[C@H]1C(N)=O. The van der Waals surface area contributed by atoms with Gasteiger partial charge in [0.1, 0.15) is 0 Å². The number of halogens is 1. The van der Waals surface area contributed by atoms with Crippen LogP contribution in [0.3, 0.4) is 0 Å². The van der Waals surface area contributed by atoms with E-state index in [9.17, 15) is 9.59 Å². The molecular formula is C13H15BrN2O2. The van der Waals surface area contributed by atoms with Gasteiger partial charge in [0.05, 0.1) is 5.92 Å². The van der Waals surface area contributed by atoms with Crippen molar-refractivity contribution in [3.63, 3.8) is 0 Å². The van der Waals surface area contributed by atoms with Crippen LogP contribution in [0.25, 0.3) is 0 Å². The van der Waals surface area contributed by atoms with Gasteiger partial charge in [-0.1, -0.05) is 22.9 Å². The molecule has 0 saturated carbocycles. The van der Waals surface area contributed by atoms with E-state index in [-0.39, 0.29) is 23.7 Å². The highest BCUT2D eigenvalue weighted by atomic mass is 79.9. The average Bonchev–Trinajstić information content (AvgIpc) is 2.71. The van der Waals surface area contributed by atoms with Crippen molar-refractivity contribution in [3.05, 3.63) is 34.3 Å². The third kappa shape index (κ3) is 2.56. The van der Waals surface area contributed by atoms with E-state index < -0.39 is 0 Å². The van der Waals surface area contributed by atoms with E-state index in [2.05, 4.69) is 15.9 Å². The molecular weight excluding hydrogens is 296 g/mol. The first-order valence-electron chi connectivity index (χ1n) is 5.83. The third-order valence-corrected chi connectivity index (χ3v) is 3.88. The normalized spacial score (nSPS) is 23.1. The van der Waals surface area contributed by atoms with E-state index in [0.29, 0.717) is 18.7 Å². The van der Waals surface area contributed by atoms with Gasteiger partial charge in [-0.2, -0.15) is 0 Å². The van der Waals surface area contributed by atoms with Crippen molar-refractivity contribution in [2.24, 2.45) is 17.6 Å². The van der Waals surface area contributed by atoms with Crippen LogP contribution < -0.4 is 5.73 Å². The number of carbonyl (C=O) groups is 2. The molecule has 1 aliphatic rings. The van der Waals surface area contributed by atoms with Crippen molar-refractivity contribution in [2.75, 3.05) is 13.1 Å². The molecule has 4 nitrogen and oxygen atoms in total. The zero-order valence-electron chi connectivity index (χ0n) is 10.1. The number of rotatable bonds is 2. The van der Waals surface area contributed by atoms with Gasteiger partial charge in [-0.05, 0) is 30.2 Å². The van der Waals surface area contributed by atoms with Crippen LogP contribution in [0.15, 0.2) is 28.7 Å². The van der Waals surface area contributed by atoms with Gasteiger partial charge < -0.3 is 10.6 Å². The Morgan fingerprint density at radius 3 is 2.39 bits per heavy atom. The molecule has 2 rings (SSSR count). The second-order valence-corrected chi connectivity index (χ2v) is 5.62. The number of nitrogens with two attached hydrogens (primary N) is 1. The lowest BCUT2D eigenvalue weighted by Crippen LogP contribution is -2.31. The first kappa shape index (κ1) is 13.1. The molecule has 2 amide bonds. The summed E-state index contributed by atoms with van der Waals surface area (Å²) in [5.41, 5.74) is 5.96. The standard InChI is InChI=1S/C13H15BrN2O2/c1-8-6-16(7-11(8)12(15)17)13(18)9-2-4-10(14)5-3-9/h2-5,8,11H,6-7H2,1H3,(H2,15,17)/t8-,11-/m1/s1. The second-order valence-electron chi connectivity index (χ2n) is 4.70. The van der Waals surface area contributed by atoms with E-state index >= 15 is 0 Å². The quantitative estimate of drug-likeness (QED) is 0.902. The van der Waals surface area contributed by atoms with Crippen LogP contribution in [0.5, 0.6) is 0 Å². The Bertz CT molecular complexity index is 472. The van der Waals surface area contributed by atoms with Crippen LogP contribution >= 0.6 is 15.9 Å². The first-order valence-corrected chi connectivity index (χ1v) is 6.62. The lowest BCUT2D eigenvalue weighted by molar-refractivity contribution is -0.122. The van der Waals surface area contributed by atoms with E-state index in [1.54, 1.807) is 17.0 Å². The molecule has 1 saturated heterocycles. The van der Waals surface area contributed by atoms with Gasteiger partial charge in [0.15, 0.2) is 0 Å². The summed E-state index contributed by atoms with van der Waals surface area (Å²) in [4.78, 5) is 25.2. The van der Waals surface area contributed by atoms with E-state index in [4.69, 9.17) is 5.73 Å². The fourth-order valence-corrected chi connectivity index (χ4v) is 2.54. The predicted molar refractivity (Wildman–Crippen MR) is 71.9 cm³/mol. The van der Waals surface area contributed by atoms with Crippen molar-refractivity contribution in [1.29, 1.82) is 0 Å². The Morgan fingerprint density at radius 1 is 1.28 bits per heavy atom. The summed E-state index contributed by atoms with van der Waals surface area (Å²) < 4.78 is 0.934. The van der Waals surface area contributed by atoms with E-state index in [0.717, 1.165) is 4.47 Å². The van der Waals surface area contributed by atoms with Crippen LogP contribution in [-0.4, -0.2) is 29.8 Å². The Balaban J connectivity index is 2.12. The lowest BCUT2D eigenvalue weighted by atomic mass is 9.98. The molecule has 1 aromatic carbocycles. The summed E-state index contributed by atoms with van der Waals surface area (Å²) in [6.07, 6.45) is 0. The van der Waals surface area contributed by atoms with Gasteiger partial charge in [0.25, 0.3) is 5.91 Å². The molecule has 2 atom stereocenters. The fourth-order valence-electron chi connectivity index (χ4n) is 2.28. The fraction of sp³-hybridized carbons (Fsp3) is 0.385. The van der Waals surface area contributed by atoms with Crippen molar-refractivity contribution in [2.45, 2.75) is 6.92 Å². The summed E-state index contributed by atoms with van der Waals surface area (Å²) in [5, 5.41) is 0. The van der Waals surface area contributed by atoms with Crippen molar-refractivity contribution < 1.29 is 9.59 Å². The first-order chi connectivity index (χ1) is 8.49. The van der Waals surface area contributed by atoms with Crippen LogP contribution in [0.4, 0.5) is 0 Å². The van der Waals surface area contributed by atoms with Gasteiger partial charge in [0.2, 0.25) is 5.91 Å². The van der Waals surface area contributed by atoms with Crippen LogP contribution in [0.1, 0.15) is 17.3 Å². The van der Waals surface area contributed by atoms with Crippen LogP contribution in [-0.2, 0) is 4.79 Å². The molecule has 0 spiro atoms. The number of amides is 2. The topological polar surface area (TPSA) is 63.4 Å². The minimum absolute atomic E-state index is 0.0434. The highest BCUT2D eigenvalue weighted by Crippen LogP contribution is 2.24. The maximum atomic E-state index is 12.2. The molecule has 18 heavy (non-hydrogen) atoms. The Morgan fingerprint density at radius 2 is 1.89 bits per heavy atom. The predicted octanol–water partition coefficient (Wildman–Crippen LogP) is 1.64. The minimum Gasteiger partial charge on any atom is -0.369 e. The maximum absolute atomic E-state index is 12.2. The molecule has 1 aliphatic heterocycles. The lowest BCUT2D eigenvalue weighted by Gasteiger charge is -2.16. The summed E-state index contributed by atoms with van der Waals surface area (Å²) in [6, 6.07) is 7.21. The number of primary amides is 1. The maximum Gasteiger partial charge on any atom is 0.253 e. The number of hydrogen-bond acceptors (Lipinski definition) is 2. The molecule has 0 aromatic heterocycles. The zero-order valence-corrected chi connectivity index (χ0v) is 11.7. The van der Waals surface area contributed by atoms with Crippen LogP contribution in [0, 0.1) is 11.8 Å². The second kappa shape index (κ2) is 5.10. The number of carbonyl (C=O) groups excluding carboxylic acids is 2. The Kier molecular flexibility index (Phi) is 3.71. The van der Waals surface area contributed by atoms with Crippen molar-refractivity contribution in [3.8, 4) is 0 Å². The monoisotopic (exact) mass is 310 g/mol. The van der Waals surface area contributed by atoms with Gasteiger partial charge in [0, 0.05) is 23.1 Å². The Hall–Kier alpha value is -1.36. The number of likely N-dealkylation sites (tertiary alicyclic amines) is 1. The van der Waals surface area contributed by atoms with Crippen molar-refractivity contribution in [1.82, 2.24) is 4.90 Å². The highest BCUT2D eigenvalue weighted by molar-refractivity contribution is 9.10. The molecule has 0 bridgehead atoms. The molecule has 1 heterocycles. The largest absolute Gasteiger partial charge is 0.369 e. The summed E-state index contributed by atoms with van der Waals surface area (Å²) in [7, 11) is 0. The molecule has 0 aliphatic carbocycles. The molecule has 1 fully saturated rings. The van der Waals surface area contributed by atoms with Gasteiger partial charge in [-0.25, -0.2) is 0 Å². The van der Waals surface area contributed by atoms with Gasteiger partial charge in [-0.15, -0.1) is 0 Å². The number of hydrogen-bond donors (Lipinski definition) is 1. The van der Waals surface area contributed by atoms with E-state index in [1.807, 2.05) is 19.1 Å². The minimum atomic E-state index is -0.325. The van der Waals surface area contributed by atoms with Crippen LogP contribution in [0.2, 0.25) is 0 Å². The summed E-state index contributed by atoms with van der Waals surface area (Å²) in [5.74, 6) is -0.474. The zero-order chi connectivity index (χ0) is 13.3. The summed E-state index contributed by atoms with van der Waals surface area (Å²) in [6.45, 7) is 2.96. The number of nitrogens with zero attached hydrogens (tertiary/aromatic N) is 1. The smallest absolute Gasteiger partial charge is 0.253 e. The highest BCUT2D eigenvalue weighted by Gasteiger charge is 2.35.